The molecule has 3 aromatic carbocycles. The lowest BCUT2D eigenvalue weighted by Crippen LogP contribution is -1.91. The van der Waals surface area contributed by atoms with E-state index in [0.29, 0.717) is 0 Å². The summed E-state index contributed by atoms with van der Waals surface area (Å²) in [6.45, 7) is 2.02. The highest BCUT2D eigenvalue weighted by molar-refractivity contribution is 5.96. The number of nitrogens with one attached hydrogen (secondary N) is 1. The molecular weight excluding hydrogens is 312 g/mol. The van der Waals surface area contributed by atoms with Crippen molar-refractivity contribution in [2.75, 3.05) is 0 Å². The van der Waals surface area contributed by atoms with Crippen LogP contribution in [0.2, 0.25) is 0 Å². The van der Waals surface area contributed by atoms with Gasteiger partial charge in [0.1, 0.15) is 0 Å². The van der Waals surface area contributed by atoms with E-state index in [1.807, 2.05) is 67.7 Å². The number of aromatic nitrogens is 1. The summed E-state index contributed by atoms with van der Waals surface area (Å²) < 4.78 is 0. The van der Waals surface area contributed by atoms with Crippen LogP contribution in [-0.2, 0) is 0 Å². The zero-order valence-corrected chi connectivity index (χ0v) is 13.7. The fourth-order valence-corrected chi connectivity index (χ4v) is 3.20. The Morgan fingerprint density at radius 3 is 2.48 bits per heavy atom. The minimum absolute atomic E-state index is 0.0987. The number of aromatic amines is 1. The van der Waals surface area contributed by atoms with Gasteiger partial charge < -0.3 is 4.98 Å². The van der Waals surface area contributed by atoms with Crippen molar-refractivity contribution < 1.29 is 4.92 Å². The molecule has 0 bridgehead atoms. The summed E-state index contributed by atoms with van der Waals surface area (Å²) in [7, 11) is 0. The third-order valence-electron chi connectivity index (χ3n) is 4.39. The van der Waals surface area contributed by atoms with E-state index < -0.39 is 0 Å². The Morgan fingerprint density at radius 1 is 0.880 bits per heavy atom. The molecular formula is C21H16N2O2. The molecule has 0 fully saturated rings. The van der Waals surface area contributed by atoms with Crippen molar-refractivity contribution in [3.05, 3.63) is 88.6 Å². The van der Waals surface area contributed by atoms with Crippen LogP contribution in [0.5, 0.6) is 0 Å². The predicted molar refractivity (Wildman–Crippen MR) is 101 cm³/mol. The Balaban J connectivity index is 1.97. The molecule has 0 aliphatic heterocycles. The fraction of sp³-hybridized carbons (Fsp3) is 0.0476. The van der Waals surface area contributed by atoms with Crippen molar-refractivity contribution in [1.29, 1.82) is 0 Å². The molecule has 4 heteroatoms. The molecule has 4 nitrogen and oxygen atoms in total. The van der Waals surface area contributed by atoms with Gasteiger partial charge in [0, 0.05) is 29.2 Å². The molecule has 4 rings (SSSR count). The number of fused-ring (bicyclic) bond motifs is 1. The van der Waals surface area contributed by atoms with Crippen LogP contribution >= 0.6 is 0 Å². The normalized spacial score (nSPS) is 10.9. The molecule has 0 saturated heterocycles. The van der Waals surface area contributed by atoms with Crippen molar-refractivity contribution in [3.63, 3.8) is 0 Å². The first-order chi connectivity index (χ1) is 12.1. The fourth-order valence-electron chi connectivity index (χ4n) is 3.20. The minimum atomic E-state index is -0.333. The first-order valence-electron chi connectivity index (χ1n) is 8.05. The van der Waals surface area contributed by atoms with Gasteiger partial charge >= 0.3 is 0 Å². The van der Waals surface area contributed by atoms with Crippen molar-refractivity contribution in [3.8, 4) is 22.3 Å². The second-order valence-corrected chi connectivity index (χ2v) is 6.14. The molecule has 4 aromatic rings. The molecule has 0 amide bonds. The lowest BCUT2D eigenvalue weighted by Gasteiger charge is -2.09. The molecule has 1 heterocycles. The number of nitrogens with zero attached hydrogens (tertiary/aromatic N) is 1. The van der Waals surface area contributed by atoms with Gasteiger partial charge in [0.15, 0.2) is 0 Å². The number of hydrogen-bond acceptors (Lipinski definition) is 2. The third kappa shape index (κ3) is 2.78. The van der Waals surface area contributed by atoms with Crippen molar-refractivity contribution in [2.24, 2.45) is 0 Å². The second kappa shape index (κ2) is 5.91. The summed E-state index contributed by atoms with van der Waals surface area (Å²) in [6, 6.07) is 21.2. The SMILES string of the molecule is Cc1cccc(-c2cc(-c3cccc4[nH]ccc34)cc([N+](=O)[O-])c2)c1. The van der Waals surface area contributed by atoms with Gasteiger partial charge in [-0.3, -0.25) is 10.1 Å². The number of H-pyrrole nitrogens is 1. The summed E-state index contributed by atoms with van der Waals surface area (Å²) in [5, 5.41) is 12.5. The van der Waals surface area contributed by atoms with E-state index in [-0.39, 0.29) is 10.6 Å². The van der Waals surface area contributed by atoms with E-state index in [9.17, 15) is 10.1 Å². The molecule has 0 radical (unpaired) electrons. The largest absolute Gasteiger partial charge is 0.361 e. The molecule has 0 unspecified atom stereocenters. The van der Waals surface area contributed by atoms with E-state index in [4.69, 9.17) is 0 Å². The number of aryl methyl sites for hydroxylation is 1. The zero-order valence-electron chi connectivity index (χ0n) is 13.7. The lowest BCUT2D eigenvalue weighted by molar-refractivity contribution is -0.384. The Labute approximate surface area is 144 Å². The van der Waals surface area contributed by atoms with E-state index >= 15 is 0 Å². The topological polar surface area (TPSA) is 58.9 Å². The smallest absolute Gasteiger partial charge is 0.270 e. The maximum Gasteiger partial charge on any atom is 0.270 e. The predicted octanol–water partition coefficient (Wildman–Crippen LogP) is 5.72. The summed E-state index contributed by atoms with van der Waals surface area (Å²) in [5.41, 5.74) is 5.89. The lowest BCUT2D eigenvalue weighted by atomic mass is 9.95. The van der Waals surface area contributed by atoms with Gasteiger partial charge in [-0.15, -0.1) is 0 Å². The maximum absolute atomic E-state index is 11.4. The molecule has 0 aliphatic carbocycles. The average molecular weight is 328 g/mol. The molecule has 1 aromatic heterocycles. The van der Waals surface area contributed by atoms with Crippen molar-refractivity contribution in [1.82, 2.24) is 4.98 Å². The Hall–Kier alpha value is -3.40. The van der Waals surface area contributed by atoms with Crippen LogP contribution in [-0.4, -0.2) is 9.91 Å². The summed E-state index contributed by atoms with van der Waals surface area (Å²) in [6.07, 6.45) is 1.88. The summed E-state index contributed by atoms with van der Waals surface area (Å²) in [5.74, 6) is 0. The monoisotopic (exact) mass is 328 g/mol. The van der Waals surface area contributed by atoms with Gasteiger partial charge in [0.25, 0.3) is 5.69 Å². The highest BCUT2D eigenvalue weighted by Gasteiger charge is 2.14. The van der Waals surface area contributed by atoms with E-state index in [1.54, 1.807) is 12.1 Å². The van der Waals surface area contributed by atoms with Gasteiger partial charge in [-0.1, -0.05) is 42.0 Å². The number of nitro groups is 1. The highest BCUT2D eigenvalue weighted by atomic mass is 16.6. The van der Waals surface area contributed by atoms with Gasteiger partial charge in [0.2, 0.25) is 0 Å². The Bertz CT molecular complexity index is 1100. The standard InChI is InChI=1S/C21H16N2O2/c1-14-4-2-5-15(10-14)16-11-17(13-18(12-16)23(24)25)19-6-3-7-21-20(19)8-9-22-21/h2-13,22H,1H3. The first kappa shape index (κ1) is 15.1. The van der Waals surface area contributed by atoms with Crippen LogP contribution in [0.15, 0.2) is 72.9 Å². The van der Waals surface area contributed by atoms with Gasteiger partial charge in [0.05, 0.1) is 4.92 Å². The van der Waals surface area contributed by atoms with Crippen LogP contribution < -0.4 is 0 Å². The highest BCUT2D eigenvalue weighted by Crippen LogP contribution is 2.34. The van der Waals surface area contributed by atoms with Crippen LogP contribution in [0, 0.1) is 17.0 Å². The molecule has 1 N–H and O–H groups in total. The average Bonchev–Trinajstić information content (AvgIpc) is 3.10. The van der Waals surface area contributed by atoms with Crippen LogP contribution in [0.25, 0.3) is 33.2 Å². The minimum Gasteiger partial charge on any atom is -0.361 e. The summed E-state index contributed by atoms with van der Waals surface area (Å²) >= 11 is 0. The number of non-ortho nitro benzene ring substituents is 1. The molecule has 25 heavy (non-hydrogen) atoms. The van der Waals surface area contributed by atoms with Crippen molar-refractivity contribution in [2.45, 2.75) is 6.92 Å². The summed E-state index contributed by atoms with van der Waals surface area (Å²) in [4.78, 5) is 14.3. The number of rotatable bonds is 3. The third-order valence-corrected chi connectivity index (χ3v) is 4.39. The first-order valence-corrected chi connectivity index (χ1v) is 8.05. The molecule has 122 valence electrons. The van der Waals surface area contributed by atoms with E-state index in [0.717, 1.165) is 38.7 Å². The van der Waals surface area contributed by atoms with Crippen LogP contribution in [0.4, 0.5) is 5.69 Å². The zero-order chi connectivity index (χ0) is 17.4. The van der Waals surface area contributed by atoms with Gasteiger partial charge in [-0.05, 0) is 47.4 Å². The maximum atomic E-state index is 11.4. The van der Waals surface area contributed by atoms with Crippen molar-refractivity contribution >= 4 is 16.6 Å². The molecule has 0 aliphatic rings. The van der Waals surface area contributed by atoms with E-state index in [2.05, 4.69) is 4.98 Å². The molecule has 0 saturated carbocycles. The second-order valence-electron chi connectivity index (χ2n) is 6.14. The molecule has 0 spiro atoms. The van der Waals surface area contributed by atoms with Gasteiger partial charge in [-0.2, -0.15) is 0 Å². The number of nitro benzene ring substituents is 1. The van der Waals surface area contributed by atoms with Crippen LogP contribution in [0.3, 0.4) is 0 Å². The Kier molecular flexibility index (Phi) is 3.58. The van der Waals surface area contributed by atoms with E-state index in [1.165, 1.54) is 0 Å². The van der Waals surface area contributed by atoms with Gasteiger partial charge in [-0.25, -0.2) is 0 Å². The Morgan fingerprint density at radius 2 is 1.68 bits per heavy atom. The molecule has 0 atom stereocenters. The number of hydrogen-bond donors (Lipinski definition) is 1. The van der Waals surface area contributed by atoms with Crippen LogP contribution in [0.1, 0.15) is 5.56 Å². The quantitative estimate of drug-likeness (QED) is 0.386. The number of benzene rings is 3.